The minimum atomic E-state index is -4.48. The van der Waals surface area contributed by atoms with Gasteiger partial charge in [0.2, 0.25) is 0 Å². The highest BCUT2D eigenvalue weighted by molar-refractivity contribution is 5.94. The Hall–Kier alpha value is -2.42. The first-order chi connectivity index (χ1) is 11.9. The zero-order valence-electron chi connectivity index (χ0n) is 13.1. The number of nitrogens with zero attached hydrogens (tertiary/aromatic N) is 4. The van der Waals surface area contributed by atoms with Crippen molar-refractivity contribution in [3.05, 3.63) is 47.3 Å². The lowest BCUT2D eigenvalue weighted by Crippen LogP contribution is -2.49. The molecule has 0 bridgehead atoms. The molecule has 3 heterocycles. The van der Waals surface area contributed by atoms with Crippen LogP contribution in [0.3, 0.4) is 0 Å². The molecule has 0 spiro atoms. The lowest BCUT2D eigenvalue weighted by molar-refractivity contribution is -0.137. The van der Waals surface area contributed by atoms with E-state index in [9.17, 15) is 18.0 Å². The van der Waals surface area contributed by atoms with Gasteiger partial charge in [0.1, 0.15) is 0 Å². The number of carbonyl (C=O) groups excluding carboxylic acids is 1. The first-order valence-corrected chi connectivity index (χ1v) is 7.90. The molecule has 0 unspecified atom stereocenters. The van der Waals surface area contributed by atoms with Gasteiger partial charge in [-0.05, 0) is 24.6 Å². The van der Waals surface area contributed by atoms with Crippen LogP contribution in [-0.2, 0) is 17.5 Å². The lowest BCUT2D eigenvalue weighted by Gasteiger charge is -2.41. The molecular formula is C16H15F3N4O2. The summed E-state index contributed by atoms with van der Waals surface area (Å²) >= 11 is 0. The quantitative estimate of drug-likeness (QED) is 0.790. The highest BCUT2D eigenvalue weighted by atomic mass is 19.4. The number of fused-ring (bicyclic) bond motifs is 3. The minimum Gasteiger partial charge on any atom is -0.370 e. The smallest absolute Gasteiger partial charge is 0.370 e. The van der Waals surface area contributed by atoms with Crippen molar-refractivity contribution in [1.82, 2.24) is 19.9 Å². The number of rotatable bonds is 1. The van der Waals surface area contributed by atoms with Gasteiger partial charge in [-0.25, -0.2) is 4.68 Å². The molecule has 0 N–H and O–H groups in total. The standard InChI is InChI=1S/C16H15F3N4O2/c17-16(18,19)11-3-1-2-10(6-11)15(24)22-5-4-14-13(8-22)23-12(9-25-14)7-20-21-23/h1-3,6-7,13-14H,4-5,8-9H2/t13-,14+/m0/s1. The van der Waals surface area contributed by atoms with Crippen molar-refractivity contribution in [3.8, 4) is 0 Å². The van der Waals surface area contributed by atoms with E-state index in [4.69, 9.17) is 4.74 Å². The van der Waals surface area contributed by atoms with E-state index < -0.39 is 17.6 Å². The summed E-state index contributed by atoms with van der Waals surface area (Å²) in [4.78, 5) is 14.2. The van der Waals surface area contributed by atoms with Crippen molar-refractivity contribution in [2.75, 3.05) is 13.1 Å². The van der Waals surface area contributed by atoms with Crippen LogP contribution in [0, 0.1) is 0 Å². The number of carbonyl (C=O) groups is 1. The van der Waals surface area contributed by atoms with E-state index in [0.29, 0.717) is 26.1 Å². The molecule has 0 aliphatic carbocycles. The number of piperidine rings is 1. The Balaban J connectivity index is 1.57. The third-order valence-corrected chi connectivity index (χ3v) is 4.65. The SMILES string of the molecule is O=C(c1cccc(C(F)(F)F)c1)N1CC[C@H]2OCc3cnnn3[C@H]2C1. The Bertz CT molecular complexity index is 805. The van der Waals surface area contributed by atoms with Gasteiger partial charge in [-0.3, -0.25) is 4.79 Å². The summed E-state index contributed by atoms with van der Waals surface area (Å²) < 4.78 is 46.1. The van der Waals surface area contributed by atoms with E-state index in [1.165, 1.54) is 12.1 Å². The topological polar surface area (TPSA) is 60.3 Å². The number of ether oxygens (including phenoxy) is 1. The molecule has 1 saturated heterocycles. The van der Waals surface area contributed by atoms with E-state index in [-0.39, 0.29) is 17.7 Å². The van der Waals surface area contributed by atoms with E-state index in [1.807, 2.05) is 0 Å². The van der Waals surface area contributed by atoms with E-state index >= 15 is 0 Å². The zero-order chi connectivity index (χ0) is 17.6. The van der Waals surface area contributed by atoms with Crippen LogP contribution in [0.25, 0.3) is 0 Å². The maximum Gasteiger partial charge on any atom is 0.416 e. The summed E-state index contributed by atoms with van der Waals surface area (Å²) in [6.07, 6.45) is -2.33. The molecule has 25 heavy (non-hydrogen) atoms. The third-order valence-electron chi connectivity index (χ3n) is 4.65. The number of aromatic nitrogens is 3. The monoisotopic (exact) mass is 352 g/mol. The summed E-state index contributed by atoms with van der Waals surface area (Å²) in [5.74, 6) is -0.420. The van der Waals surface area contributed by atoms with Crippen molar-refractivity contribution >= 4 is 5.91 Å². The summed E-state index contributed by atoms with van der Waals surface area (Å²) in [5, 5.41) is 7.92. The second kappa shape index (κ2) is 5.83. The molecule has 4 rings (SSSR count). The molecule has 2 aromatic rings. The molecule has 1 aromatic carbocycles. The first-order valence-electron chi connectivity index (χ1n) is 7.90. The summed E-state index contributed by atoms with van der Waals surface area (Å²) in [7, 11) is 0. The predicted octanol–water partition coefficient (Wildman–Crippen LogP) is 2.28. The van der Waals surface area contributed by atoms with Crippen LogP contribution in [0.1, 0.15) is 34.1 Å². The summed E-state index contributed by atoms with van der Waals surface area (Å²) in [5.41, 5.74) is 0.0335. The fraction of sp³-hybridized carbons (Fsp3) is 0.438. The van der Waals surface area contributed by atoms with Gasteiger partial charge in [0.15, 0.2) is 0 Å². The fourth-order valence-electron chi connectivity index (χ4n) is 3.37. The zero-order valence-corrected chi connectivity index (χ0v) is 13.1. The van der Waals surface area contributed by atoms with Crippen molar-refractivity contribution in [3.63, 3.8) is 0 Å². The Morgan fingerprint density at radius 1 is 1.32 bits per heavy atom. The number of likely N-dealkylation sites (tertiary alicyclic amines) is 1. The van der Waals surface area contributed by atoms with E-state index in [1.54, 1.807) is 15.8 Å². The molecule has 2 aliphatic rings. The van der Waals surface area contributed by atoms with E-state index in [2.05, 4.69) is 10.3 Å². The Labute approximate surface area is 141 Å². The van der Waals surface area contributed by atoms with Crippen LogP contribution in [0.5, 0.6) is 0 Å². The Kier molecular flexibility index (Phi) is 3.75. The average Bonchev–Trinajstić information content (AvgIpc) is 3.09. The van der Waals surface area contributed by atoms with Gasteiger partial charge in [0.25, 0.3) is 5.91 Å². The van der Waals surface area contributed by atoms with Crippen molar-refractivity contribution in [2.24, 2.45) is 0 Å². The van der Waals surface area contributed by atoms with Gasteiger partial charge in [-0.15, -0.1) is 5.10 Å². The van der Waals surface area contributed by atoms with Gasteiger partial charge in [-0.2, -0.15) is 13.2 Å². The second-order valence-electron chi connectivity index (χ2n) is 6.21. The van der Waals surface area contributed by atoms with Gasteiger partial charge < -0.3 is 9.64 Å². The highest BCUT2D eigenvalue weighted by Crippen LogP contribution is 2.32. The molecule has 1 fully saturated rings. The second-order valence-corrected chi connectivity index (χ2v) is 6.21. The minimum absolute atomic E-state index is 0.0313. The van der Waals surface area contributed by atoms with E-state index in [0.717, 1.165) is 17.8 Å². The van der Waals surface area contributed by atoms with Crippen molar-refractivity contribution < 1.29 is 22.7 Å². The largest absolute Gasteiger partial charge is 0.416 e. The molecule has 1 amide bonds. The Morgan fingerprint density at radius 2 is 2.16 bits per heavy atom. The van der Waals surface area contributed by atoms with Crippen LogP contribution in [0.15, 0.2) is 30.5 Å². The molecule has 2 atom stereocenters. The maximum atomic E-state index is 12.9. The summed E-state index contributed by atoms with van der Waals surface area (Å²) in [6, 6.07) is 4.34. The number of amides is 1. The fourth-order valence-corrected chi connectivity index (χ4v) is 3.37. The lowest BCUT2D eigenvalue weighted by atomic mass is 9.99. The average molecular weight is 352 g/mol. The van der Waals surface area contributed by atoms with Crippen LogP contribution in [0.2, 0.25) is 0 Å². The summed E-state index contributed by atoms with van der Waals surface area (Å²) in [6.45, 7) is 1.19. The van der Waals surface area contributed by atoms with Crippen LogP contribution < -0.4 is 0 Å². The molecule has 0 saturated carbocycles. The molecule has 9 heteroatoms. The predicted molar refractivity (Wildman–Crippen MR) is 79.6 cm³/mol. The molecule has 6 nitrogen and oxygen atoms in total. The molecule has 132 valence electrons. The molecular weight excluding hydrogens is 337 g/mol. The van der Waals surface area contributed by atoms with Crippen LogP contribution in [0.4, 0.5) is 13.2 Å². The van der Waals surface area contributed by atoms with Crippen LogP contribution in [-0.4, -0.2) is 45.0 Å². The number of hydrogen-bond acceptors (Lipinski definition) is 4. The normalized spacial score (nSPS) is 23.1. The molecule has 1 aromatic heterocycles. The van der Waals surface area contributed by atoms with Gasteiger partial charge >= 0.3 is 6.18 Å². The highest BCUT2D eigenvalue weighted by Gasteiger charge is 2.38. The number of halogens is 3. The van der Waals surface area contributed by atoms with Gasteiger partial charge in [-0.1, -0.05) is 11.3 Å². The third kappa shape index (κ3) is 2.88. The number of hydrogen-bond donors (Lipinski definition) is 0. The van der Waals surface area contributed by atoms with Gasteiger partial charge in [0.05, 0.1) is 36.2 Å². The number of alkyl halides is 3. The Morgan fingerprint density at radius 3 is 2.96 bits per heavy atom. The maximum absolute atomic E-state index is 12.9. The number of benzene rings is 1. The van der Waals surface area contributed by atoms with Gasteiger partial charge in [0, 0.05) is 18.7 Å². The molecule has 0 radical (unpaired) electrons. The van der Waals surface area contributed by atoms with Crippen molar-refractivity contribution in [1.29, 1.82) is 0 Å². The van der Waals surface area contributed by atoms with Crippen molar-refractivity contribution in [2.45, 2.75) is 31.3 Å². The first kappa shape index (κ1) is 16.1. The molecule has 2 aliphatic heterocycles. The van der Waals surface area contributed by atoms with Crippen LogP contribution >= 0.6 is 0 Å².